The van der Waals surface area contributed by atoms with Crippen LogP contribution in [0, 0.1) is 19.8 Å². The van der Waals surface area contributed by atoms with Gasteiger partial charge in [-0.1, -0.05) is 39.3 Å². The topological polar surface area (TPSA) is 83.9 Å². The Morgan fingerprint density at radius 2 is 1.81 bits per heavy atom. The monoisotopic (exact) mass is 461 g/mol. The Bertz CT molecular complexity index is 1030. The third-order valence-electron chi connectivity index (χ3n) is 5.19. The van der Waals surface area contributed by atoms with E-state index in [1.165, 1.54) is 15.9 Å². The maximum atomic E-state index is 13.7. The third-order valence-corrected chi connectivity index (χ3v) is 6.96. The number of benzene rings is 2. The van der Waals surface area contributed by atoms with Gasteiger partial charge in [-0.2, -0.15) is 0 Å². The highest BCUT2D eigenvalue weighted by Gasteiger charge is 2.27. The highest BCUT2D eigenvalue weighted by atomic mass is 32.2. The van der Waals surface area contributed by atoms with Crippen LogP contribution in [0.1, 0.15) is 56.7 Å². The van der Waals surface area contributed by atoms with Gasteiger partial charge in [-0.05, 0) is 73.6 Å². The summed E-state index contributed by atoms with van der Waals surface area (Å²) in [5, 5.41) is 8.77. The summed E-state index contributed by atoms with van der Waals surface area (Å²) in [4.78, 5) is 10.9. The van der Waals surface area contributed by atoms with Crippen molar-refractivity contribution in [1.82, 2.24) is 0 Å². The molecule has 1 N–H and O–H groups in total. The van der Waals surface area contributed by atoms with E-state index in [2.05, 4.69) is 13.0 Å². The van der Waals surface area contributed by atoms with E-state index in [1.807, 2.05) is 32.9 Å². The van der Waals surface area contributed by atoms with Crippen LogP contribution in [0.5, 0.6) is 5.75 Å². The van der Waals surface area contributed by atoms with E-state index in [9.17, 15) is 13.2 Å². The first-order valence-corrected chi connectivity index (χ1v) is 12.6. The van der Waals surface area contributed by atoms with Crippen LogP contribution in [0.25, 0.3) is 0 Å². The van der Waals surface area contributed by atoms with E-state index in [1.54, 1.807) is 19.1 Å². The second-order valence-electron chi connectivity index (χ2n) is 8.57. The molecule has 0 aliphatic rings. The molecule has 7 heteroatoms. The Morgan fingerprint density at radius 3 is 2.38 bits per heavy atom. The molecule has 0 saturated heterocycles. The summed E-state index contributed by atoms with van der Waals surface area (Å²) in [6, 6.07) is 10.7. The molecule has 0 aromatic heterocycles. The number of aryl methyl sites for hydroxylation is 3. The van der Waals surface area contributed by atoms with Crippen LogP contribution in [0.2, 0.25) is 0 Å². The Labute approximate surface area is 192 Å². The summed E-state index contributed by atoms with van der Waals surface area (Å²) in [5.74, 6) is -0.317. The molecule has 0 bridgehead atoms. The summed E-state index contributed by atoms with van der Waals surface area (Å²) in [6.07, 6.45) is 3.09. The molecule has 0 amide bonds. The summed E-state index contributed by atoms with van der Waals surface area (Å²) >= 11 is 0. The van der Waals surface area contributed by atoms with Crippen molar-refractivity contribution in [3.8, 4) is 5.75 Å². The fraction of sp³-hybridized carbons (Fsp3) is 0.480. The number of hydrogen-bond donors (Lipinski definition) is 1. The second-order valence-corrected chi connectivity index (χ2v) is 10.4. The number of sulfonamides is 1. The number of unbranched alkanes of at least 4 members (excludes halogenated alkanes) is 1. The highest BCUT2D eigenvalue weighted by molar-refractivity contribution is 7.92. The molecule has 0 saturated carbocycles. The molecule has 0 spiro atoms. The number of carboxylic acid groups (broad SMARTS) is 1. The minimum absolute atomic E-state index is 0.0331. The Morgan fingerprint density at radius 1 is 1.09 bits per heavy atom. The molecule has 0 aliphatic carbocycles. The highest BCUT2D eigenvalue weighted by Crippen LogP contribution is 2.31. The lowest BCUT2D eigenvalue weighted by Gasteiger charge is -2.28. The van der Waals surface area contributed by atoms with Crippen LogP contribution < -0.4 is 9.04 Å². The minimum Gasteiger partial charge on any atom is -0.493 e. The summed E-state index contributed by atoms with van der Waals surface area (Å²) < 4.78 is 34.3. The fourth-order valence-corrected chi connectivity index (χ4v) is 5.29. The smallest absolute Gasteiger partial charge is 0.306 e. The standard InChI is InChI=1S/C25H35NO5S/c1-6-7-8-21-9-11-23(19(4)15-21)26(17-18(2)3)32(29,30)22-10-12-24(20(5)16-22)31-14-13-25(27)28/h9-12,15-16,18H,6-8,13-14,17H2,1-5H3,(H,27,28). The molecule has 0 aliphatic heterocycles. The zero-order valence-corrected chi connectivity index (χ0v) is 20.5. The fourth-order valence-electron chi connectivity index (χ4n) is 3.51. The van der Waals surface area contributed by atoms with Crippen molar-refractivity contribution in [3.63, 3.8) is 0 Å². The number of carbonyl (C=O) groups is 1. The zero-order valence-electron chi connectivity index (χ0n) is 19.7. The Hall–Kier alpha value is -2.54. The van der Waals surface area contributed by atoms with Crippen molar-refractivity contribution in [3.05, 3.63) is 53.1 Å². The van der Waals surface area contributed by atoms with E-state index in [0.29, 0.717) is 23.5 Å². The van der Waals surface area contributed by atoms with E-state index in [0.717, 1.165) is 24.8 Å². The van der Waals surface area contributed by atoms with Crippen molar-refractivity contribution >= 4 is 21.7 Å². The van der Waals surface area contributed by atoms with Gasteiger partial charge in [0.05, 0.1) is 23.6 Å². The van der Waals surface area contributed by atoms with Crippen molar-refractivity contribution in [2.45, 2.75) is 65.2 Å². The summed E-state index contributed by atoms with van der Waals surface area (Å²) in [6.45, 7) is 10.3. The van der Waals surface area contributed by atoms with Crippen molar-refractivity contribution in [2.75, 3.05) is 17.5 Å². The number of anilines is 1. The quantitative estimate of drug-likeness (QED) is 0.461. The van der Waals surface area contributed by atoms with Gasteiger partial charge in [0, 0.05) is 6.54 Å². The van der Waals surface area contributed by atoms with Gasteiger partial charge in [-0.15, -0.1) is 0 Å². The molecule has 0 unspecified atom stereocenters. The molecule has 0 heterocycles. The first-order valence-electron chi connectivity index (χ1n) is 11.1. The van der Waals surface area contributed by atoms with Crippen LogP contribution in [-0.2, 0) is 21.2 Å². The molecule has 6 nitrogen and oxygen atoms in total. The molecule has 2 aromatic carbocycles. The molecule has 2 aromatic rings. The predicted molar refractivity (Wildman–Crippen MR) is 128 cm³/mol. The molecule has 2 rings (SSSR count). The van der Waals surface area contributed by atoms with Gasteiger partial charge >= 0.3 is 5.97 Å². The molecular weight excluding hydrogens is 426 g/mol. The first kappa shape index (κ1) is 25.7. The van der Waals surface area contributed by atoms with Crippen LogP contribution in [0.3, 0.4) is 0 Å². The largest absolute Gasteiger partial charge is 0.493 e. The molecule has 0 atom stereocenters. The molecule has 0 fully saturated rings. The number of carboxylic acids is 1. The van der Waals surface area contributed by atoms with Crippen LogP contribution in [-0.4, -0.2) is 32.6 Å². The lowest BCUT2D eigenvalue weighted by molar-refractivity contribution is -0.137. The normalized spacial score (nSPS) is 11.6. The molecule has 32 heavy (non-hydrogen) atoms. The summed E-state index contributed by atoms with van der Waals surface area (Å²) in [5.41, 5.74) is 3.49. The maximum Gasteiger partial charge on any atom is 0.306 e. The number of nitrogens with zero attached hydrogens (tertiary/aromatic N) is 1. The Kier molecular flexibility index (Phi) is 9.13. The van der Waals surface area contributed by atoms with Crippen LogP contribution in [0.15, 0.2) is 41.3 Å². The Balaban J connectivity index is 2.38. The van der Waals surface area contributed by atoms with Crippen LogP contribution >= 0.6 is 0 Å². The van der Waals surface area contributed by atoms with Crippen molar-refractivity contribution in [2.24, 2.45) is 5.92 Å². The van der Waals surface area contributed by atoms with Gasteiger partial charge in [-0.25, -0.2) is 8.42 Å². The number of rotatable bonds is 12. The number of aliphatic carboxylic acids is 1. The lowest BCUT2D eigenvalue weighted by Crippen LogP contribution is -2.35. The van der Waals surface area contributed by atoms with E-state index >= 15 is 0 Å². The second kappa shape index (κ2) is 11.4. The van der Waals surface area contributed by atoms with Crippen LogP contribution in [0.4, 0.5) is 5.69 Å². The predicted octanol–water partition coefficient (Wildman–Crippen LogP) is 5.35. The number of ether oxygens (including phenoxy) is 1. The minimum atomic E-state index is -3.79. The maximum absolute atomic E-state index is 13.7. The average Bonchev–Trinajstić information content (AvgIpc) is 2.71. The number of hydrogen-bond acceptors (Lipinski definition) is 4. The summed E-state index contributed by atoms with van der Waals surface area (Å²) in [7, 11) is -3.79. The van der Waals surface area contributed by atoms with E-state index in [4.69, 9.17) is 9.84 Å². The third kappa shape index (κ3) is 6.73. The van der Waals surface area contributed by atoms with Crippen molar-refractivity contribution < 1.29 is 23.1 Å². The van der Waals surface area contributed by atoms with E-state index < -0.39 is 16.0 Å². The first-order chi connectivity index (χ1) is 15.1. The molecule has 0 radical (unpaired) electrons. The van der Waals surface area contributed by atoms with Gasteiger partial charge in [-0.3, -0.25) is 9.10 Å². The molecular formula is C25H35NO5S. The van der Waals surface area contributed by atoms with Gasteiger partial charge in [0.2, 0.25) is 0 Å². The van der Waals surface area contributed by atoms with Gasteiger partial charge < -0.3 is 9.84 Å². The van der Waals surface area contributed by atoms with Gasteiger partial charge in [0.1, 0.15) is 5.75 Å². The SMILES string of the molecule is CCCCc1ccc(N(CC(C)C)S(=O)(=O)c2ccc(OCCC(=O)O)c(C)c2)c(C)c1. The van der Waals surface area contributed by atoms with Gasteiger partial charge in [0.25, 0.3) is 10.0 Å². The van der Waals surface area contributed by atoms with Gasteiger partial charge in [0.15, 0.2) is 0 Å². The average molecular weight is 462 g/mol. The van der Waals surface area contributed by atoms with E-state index in [-0.39, 0.29) is 23.8 Å². The lowest BCUT2D eigenvalue weighted by atomic mass is 10.0. The zero-order chi connectivity index (χ0) is 23.9. The molecule has 176 valence electrons. The van der Waals surface area contributed by atoms with Crippen molar-refractivity contribution in [1.29, 1.82) is 0 Å².